The molecule has 0 radical (unpaired) electrons. The second-order valence-electron chi connectivity index (χ2n) is 8.44. The highest BCUT2D eigenvalue weighted by Crippen LogP contribution is 2.34. The van der Waals surface area contributed by atoms with Crippen molar-refractivity contribution in [1.29, 1.82) is 0 Å². The quantitative estimate of drug-likeness (QED) is 0.178. The van der Waals surface area contributed by atoms with E-state index in [0.29, 0.717) is 30.0 Å². The van der Waals surface area contributed by atoms with Gasteiger partial charge in [0.2, 0.25) is 0 Å². The summed E-state index contributed by atoms with van der Waals surface area (Å²) in [4.78, 5) is 37.3. The van der Waals surface area contributed by atoms with Gasteiger partial charge in [-0.15, -0.1) is 11.3 Å². The zero-order valence-corrected chi connectivity index (χ0v) is 21.5. The predicted octanol–water partition coefficient (Wildman–Crippen LogP) is 6.58. The van der Waals surface area contributed by atoms with E-state index in [1.165, 1.54) is 38.5 Å². The van der Waals surface area contributed by atoms with E-state index in [0.717, 1.165) is 49.9 Å². The fourth-order valence-electron chi connectivity index (χ4n) is 3.74. The minimum Gasteiger partial charge on any atom is -0.478 e. The molecule has 0 bridgehead atoms. The third-order valence-corrected chi connectivity index (χ3v) is 6.79. The molecular formula is C25H43N3O4S. The van der Waals surface area contributed by atoms with E-state index in [1.807, 2.05) is 6.92 Å². The molecule has 0 aliphatic rings. The lowest BCUT2D eigenvalue weighted by molar-refractivity contribution is 0.0697. The van der Waals surface area contributed by atoms with Gasteiger partial charge in [0.05, 0.1) is 10.4 Å². The van der Waals surface area contributed by atoms with Crippen LogP contribution in [0.1, 0.15) is 123 Å². The Hall–Kier alpha value is -2.09. The normalized spacial score (nSPS) is 10.8. The number of carboxylic acid groups (broad SMARTS) is 1. The first-order valence-electron chi connectivity index (χ1n) is 12.7. The molecule has 0 aliphatic heterocycles. The SMILES string of the molecule is CCCCCCCCNC(=O)Nc1sc(C(=O)NCCCCCCCC)c(CC)c1C(=O)O. The highest BCUT2D eigenvalue weighted by atomic mass is 32.1. The van der Waals surface area contributed by atoms with Crippen molar-refractivity contribution in [3.63, 3.8) is 0 Å². The summed E-state index contributed by atoms with van der Waals surface area (Å²) in [6.45, 7) is 7.28. The number of unbranched alkanes of at least 4 members (excludes halogenated alkanes) is 10. The number of nitrogens with one attached hydrogen (secondary N) is 3. The molecule has 4 N–H and O–H groups in total. The Morgan fingerprint density at radius 2 is 1.27 bits per heavy atom. The van der Waals surface area contributed by atoms with Crippen LogP contribution >= 0.6 is 11.3 Å². The Morgan fingerprint density at radius 1 is 0.758 bits per heavy atom. The highest BCUT2D eigenvalue weighted by molar-refractivity contribution is 7.18. The van der Waals surface area contributed by atoms with Crippen molar-refractivity contribution in [3.05, 3.63) is 16.0 Å². The minimum absolute atomic E-state index is 0.0157. The first-order chi connectivity index (χ1) is 16.0. The Balaban J connectivity index is 2.63. The molecule has 1 rings (SSSR count). The number of hydrogen-bond donors (Lipinski definition) is 4. The summed E-state index contributed by atoms with van der Waals surface area (Å²) in [5.41, 5.74) is 0.487. The zero-order valence-electron chi connectivity index (χ0n) is 20.7. The maximum absolute atomic E-state index is 12.7. The molecule has 188 valence electrons. The topological polar surface area (TPSA) is 108 Å². The molecule has 0 unspecified atom stereocenters. The van der Waals surface area contributed by atoms with Gasteiger partial charge >= 0.3 is 12.0 Å². The average Bonchev–Trinajstić information content (AvgIpc) is 3.16. The first-order valence-corrected chi connectivity index (χ1v) is 13.5. The molecule has 0 atom stereocenters. The maximum atomic E-state index is 12.7. The second kappa shape index (κ2) is 17.4. The lowest BCUT2D eigenvalue weighted by Gasteiger charge is -2.07. The van der Waals surface area contributed by atoms with Crippen LogP contribution in [0.15, 0.2) is 0 Å². The summed E-state index contributed by atoms with van der Waals surface area (Å²) < 4.78 is 0. The van der Waals surface area contributed by atoms with Gasteiger partial charge in [0.25, 0.3) is 5.91 Å². The number of anilines is 1. The van der Waals surface area contributed by atoms with Gasteiger partial charge in [0.1, 0.15) is 5.00 Å². The Labute approximate surface area is 203 Å². The summed E-state index contributed by atoms with van der Waals surface area (Å²) in [5, 5.41) is 18.3. The standard InChI is InChI=1S/C25H43N3O4S/c1-4-7-9-11-13-15-17-26-22(29)21-19(6-3)20(24(30)31)23(33-21)28-25(32)27-18-16-14-12-10-8-5-2/h4-18H2,1-3H3,(H,26,29)(H,30,31)(H2,27,28,32). The summed E-state index contributed by atoms with van der Waals surface area (Å²) in [5.74, 6) is -1.40. The van der Waals surface area contributed by atoms with Gasteiger partial charge in [-0.25, -0.2) is 9.59 Å². The number of amides is 3. The molecule has 0 aromatic carbocycles. The molecule has 8 heteroatoms. The second-order valence-corrected chi connectivity index (χ2v) is 9.47. The van der Waals surface area contributed by atoms with Crippen LogP contribution in [-0.4, -0.2) is 36.1 Å². The molecule has 33 heavy (non-hydrogen) atoms. The van der Waals surface area contributed by atoms with Crippen LogP contribution in [0, 0.1) is 0 Å². The monoisotopic (exact) mass is 481 g/mol. The molecule has 0 spiro atoms. The molecule has 1 aromatic heterocycles. The molecule has 3 amide bonds. The fourth-order valence-corrected chi connectivity index (χ4v) is 4.94. The van der Waals surface area contributed by atoms with E-state index in [2.05, 4.69) is 29.8 Å². The Bertz CT molecular complexity index is 733. The van der Waals surface area contributed by atoms with E-state index in [-0.39, 0.29) is 16.5 Å². The van der Waals surface area contributed by atoms with Crippen LogP contribution in [0.25, 0.3) is 0 Å². The highest BCUT2D eigenvalue weighted by Gasteiger charge is 2.26. The number of carbonyl (C=O) groups is 3. The number of hydrogen-bond acceptors (Lipinski definition) is 4. The lowest BCUT2D eigenvalue weighted by Crippen LogP contribution is -2.29. The van der Waals surface area contributed by atoms with Crippen LogP contribution in [0.3, 0.4) is 0 Å². The molecule has 0 saturated heterocycles. The smallest absolute Gasteiger partial charge is 0.339 e. The molecular weight excluding hydrogens is 438 g/mol. The summed E-state index contributed by atoms with van der Waals surface area (Å²) in [7, 11) is 0. The molecule has 1 heterocycles. The Kier molecular flexibility index (Phi) is 15.3. The fraction of sp³-hybridized carbons (Fsp3) is 0.720. The van der Waals surface area contributed by atoms with Crippen LogP contribution in [0.4, 0.5) is 9.80 Å². The molecule has 0 fully saturated rings. The van der Waals surface area contributed by atoms with Gasteiger partial charge in [0, 0.05) is 13.1 Å². The summed E-state index contributed by atoms with van der Waals surface area (Å²) in [6.07, 6.45) is 13.9. The van der Waals surface area contributed by atoms with Gasteiger partial charge in [-0.3, -0.25) is 10.1 Å². The van der Waals surface area contributed by atoms with Gasteiger partial charge in [0.15, 0.2) is 0 Å². The summed E-state index contributed by atoms with van der Waals surface area (Å²) >= 11 is 1.04. The van der Waals surface area contributed by atoms with E-state index >= 15 is 0 Å². The number of carbonyl (C=O) groups excluding carboxylic acids is 2. The van der Waals surface area contributed by atoms with Crippen LogP contribution < -0.4 is 16.0 Å². The van der Waals surface area contributed by atoms with Crippen molar-refractivity contribution in [3.8, 4) is 0 Å². The Morgan fingerprint density at radius 3 is 1.79 bits per heavy atom. The van der Waals surface area contributed by atoms with E-state index < -0.39 is 12.0 Å². The van der Waals surface area contributed by atoms with Gasteiger partial charge in [-0.2, -0.15) is 0 Å². The average molecular weight is 482 g/mol. The van der Waals surface area contributed by atoms with E-state index in [1.54, 1.807) is 0 Å². The van der Waals surface area contributed by atoms with Crippen molar-refractivity contribution in [1.82, 2.24) is 10.6 Å². The van der Waals surface area contributed by atoms with Gasteiger partial charge in [-0.1, -0.05) is 85.0 Å². The summed E-state index contributed by atoms with van der Waals surface area (Å²) in [6, 6.07) is -0.436. The number of aromatic carboxylic acids is 1. The van der Waals surface area contributed by atoms with Gasteiger partial charge in [-0.05, 0) is 24.8 Å². The van der Waals surface area contributed by atoms with E-state index in [4.69, 9.17) is 0 Å². The first kappa shape index (κ1) is 28.9. The number of rotatable bonds is 18. The maximum Gasteiger partial charge on any atom is 0.339 e. The number of urea groups is 1. The van der Waals surface area contributed by atoms with Crippen molar-refractivity contribution in [2.75, 3.05) is 18.4 Å². The van der Waals surface area contributed by atoms with Crippen molar-refractivity contribution in [2.24, 2.45) is 0 Å². The van der Waals surface area contributed by atoms with Crippen LogP contribution in [-0.2, 0) is 6.42 Å². The van der Waals surface area contributed by atoms with Gasteiger partial charge < -0.3 is 15.7 Å². The minimum atomic E-state index is -1.13. The predicted molar refractivity (Wildman–Crippen MR) is 137 cm³/mol. The third kappa shape index (κ3) is 11.1. The van der Waals surface area contributed by atoms with Crippen molar-refractivity contribution in [2.45, 2.75) is 104 Å². The molecule has 7 nitrogen and oxygen atoms in total. The lowest BCUT2D eigenvalue weighted by atomic mass is 10.1. The number of carboxylic acids is 1. The number of thiophene rings is 1. The zero-order chi connectivity index (χ0) is 24.5. The van der Waals surface area contributed by atoms with E-state index in [9.17, 15) is 19.5 Å². The van der Waals surface area contributed by atoms with Crippen LogP contribution in [0.2, 0.25) is 0 Å². The largest absolute Gasteiger partial charge is 0.478 e. The molecule has 0 aliphatic carbocycles. The molecule has 1 aromatic rings. The molecule has 0 saturated carbocycles. The third-order valence-electron chi connectivity index (χ3n) is 5.64. The van der Waals surface area contributed by atoms with Crippen LogP contribution in [0.5, 0.6) is 0 Å². The van der Waals surface area contributed by atoms with Crippen molar-refractivity contribution < 1.29 is 19.5 Å². The van der Waals surface area contributed by atoms with Crippen molar-refractivity contribution >= 4 is 34.2 Å².